The predicted molar refractivity (Wildman–Crippen MR) is 79.8 cm³/mol. The number of halogens is 3. The normalized spacial score (nSPS) is 12.3. The van der Waals surface area contributed by atoms with E-state index in [9.17, 15) is 18.0 Å². The molecule has 7 heteroatoms. The molecule has 1 aromatic heterocycles. The molecular weight excluding hydrogens is 313 g/mol. The molecule has 0 radical (unpaired) electrons. The van der Waals surface area contributed by atoms with Crippen LogP contribution in [0.15, 0.2) is 29.6 Å². The fourth-order valence-electron chi connectivity index (χ4n) is 1.74. The maximum atomic E-state index is 12.7. The zero-order chi connectivity index (χ0) is 16.5. The molecule has 0 bridgehead atoms. The molecule has 1 aromatic carbocycles. The Morgan fingerprint density at radius 1 is 1.23 bits per heavy atom. The van der Waals surface area contributed by atoms with Crippen LogP contribution in [-0.2, 0) is 6.18 Å². The molecule has 118 valence electrons. The number of carbonyl (C=O) groups excluding carboxylic acids is 1. The third kappa shape index (κ3) is 4.07. The molecule has 0 unspecified atom stereocenters. The summed E-state index contributed by atoms with van der Waals surface area (Å²) in [6.07, 6.45) is -4.40. The molecule has 22 heavy (non-hydrogen) atoms. The van der Waals surface area contributed by atoms with Crippen LogP contribution in [0.5, 0.6) is 0 Å². The number of rotatable bonds is 2. The fourth-order valence-corrected chi connectivity index (χ4v) is 2.54. The third-order valence-corrected chi connectivity index (χ3v) is 3.55. The number of aromatic nitrogens is 1. The minimum Gasteiger partial charge on any atom is -0.346 e. The van der Waals surface area contributed by atoms with Crippen LogP contribution >= 0.6 is 11.3 Å². The summed E-state index contributed by atoms with van der Waals surface area (Å²) in [5.41, 5.74) is -0.597. The highest BCUT2D eigenvalue weighted by atomic mass is 32.1. The van der Waals surface area contributed by atoms with Crippen molar-refractivity contribution in [3.63, 3.8) is 0 Å². The van der Waals surface area contributed by atoms with Crippen molar-refractivity contribution >= 4 is 17.2 Å². The van der Waals surface area contributed by atoms with Gasteiger partial charge >= 0.3 is 6.18 Å². The molecule has 0 spiro atoms. The number of amides is 1. The Bertz CT molecular complexity index is 687. The van der Waals surface area contributed by atoms with Crippen molar-refractivity contribution in [2.24, 2.45) is 0 Å². The van der Waals surface area contributed by atoms with Gasteiger partial charge in [-0.3, -0.25) is 4.79 Å². The summed E-state index contributed by atoms with van der Waals surface area (Å²) in [6, 6.07) is 4.91. The second kappa shape index (κ2) is 5.72. The summed E-state index contributed by atoms with van der Waals surface area (Å²) in [6.45, 7) is 5.51. The first-order valence-electron chi connectivity index (χ1n) is 6.52. The van der Waals surface area contributed by atoms with E-state index in [1.165, 1.54) is 11.4 Å². The maximum Gasteiger partial charge on any atom is 0.416 e. The number of nitrogens with zero attached hydrogens (tertiary/aromatic N) is 1. The van der Waals surface area contributed by atoms with E-state index in [4.69, 9.17) is 0 Å². The van der Waals surface area contributed by atoms with Gasteiger partial charge in [0.1, 0.15) is 10.7 Å². The topological polar surface area (TPSA) is 42.0 Å². The largest absolute Gasteiger partial charge is 0.416 e. The molecule has 1 heterocycles. The van der Waals surface area contributed by atoms with E-state index in [2.05, 4.69) is 10.3 Å². The molecule has 2 rings (SSSR count). The van der Waals surface area contributed by atoms with Crippen LogP contribution in [0.25, 0.3) is 10.6 Å². The van der Waals surface area contributed by atoms with Gasteiger partial charge in [0.2, 0.25) is 0 Å². The molecule has 0 aliphatic carbocycles. The Labute approximate surface area is 130 Å². The van der Waals surface area contributed by atoms with Crippen LogP contribution in [0.2, 0.25) is 0 Å². The predicted octanol–water partition coefficient (Wildman–Crippen LogP) is 4.36. The van der Waals surface area contributed by atoms with Crippen molar-refractivity contribution in [1.82, 2.24) is 10.3 Å². The Morgan fingerprint density at radius 3 is 2.50 bits per heavy atom. The van der Waals surface area contributed by atoms with E-state index >= 15 is 0 Å². The number of hydrogen-bond donors (Lipinski definition) is 1. The summed E-state index contributed by atoms with van der Waals surface area (Å²) in [5, 5.41) is 4.68. The molecule has 0 saturated heterocycles. The van der Waals surface area contributed by atoms with Gasteiger partial charge < -0.3 is 5.32 Å². The monoisotopic (exact) mass is 328 g/mol. The third-order valence-electron chi connectivity index (χ3n) is 2.66. The average molecular weight is 328 g/mol. The quantitative estimate of drug-likeness (QED) is 0.890. The summed E-state index contributed by atoms with van der Waals surface area (Å²) < 4.78 is 38.2. The van der Waals surface area contributed by atoms with E-state index in [0.29, 0.717) is 10.6 Å². The number of alkyl halides is 3. The highest BCUT2D eigenvalue weighted by molar-refractivity contribution is 7.13. The Hall–Kier alpha value is -1.89. The van der Waals surface area contributed by atoms with Gasteiger partial charge in [0.05, 0.1) is 5.56 Å². The second-order valence-electron chi connectivity index (χ2n) is 5.82. The first-order chi connectivity index (χ1) is 10.1. The van der Waals surface area contributed by atoms with Gasteiger partial charge in [-0.15, -0.1) is 11.3 Å². The van der Waals surface area contributed by atoms with Crippen LogP contribution in [-0.4, -0.2) is 16.4 Å². The molecule has 0 aliphatic rings. The first-order valence-corrected chi connectivity index (χ1v) is 7.40. The Morgan fingerprint density at radius 2 is 1.91 bits per heavy atom. The lowest BCUT2D eigenvalue weighted by Gasteiger charge is -2.19. The van der Waals surface area contributed by atoms with Crippen molar-refractivity contribution in [3.05, 3.63) is 40.9 Å². The lowest BCUT2D eigenvalue weighted by molar-refractivity contribution is -0.137. The molecule has 2 aromatic rings. The minimum atomic E-state index is -4.40. The highest BCUT2D eigenvalue weighted by Gasteiger charge is 2.30. The SMILES string of the molecule is CC(C)(C)NC(=O)c1csc(-c2cccc(C(F)(F)F)c2)n1. The molecule has 1 N–H and O–H groups in total. The van der Waals surface area contributed by atoms with Gasteiger partial charge in [-0.2, -0.15) is 13.2 Å². The molecule has 0 atom stereocenters. The Kier molecular flexibility index (Phi) is 4.28. The smallest absolute Gasteiger partial charge is 0.346 e. The minimum absolute atomic E-state index is 0.201. The molecule has 0 saturated carbocycles. The standard InChI is InChI=1S/C15H15F3N2OS/c1-14(2,3)20-12(21)11-8-22-13(19-11)9-5-4-6-10(7-9)15(16,17)18/h4-8H,1-3H3,(H,20,21). The average Bonchev–Trinajstić information content (AvgIpc) is 2.85. The van der Waals surface area contributed by atoms with Gasteiger partial charge in [-0.1, -0.05) is 12.1 Å². The zero-order valence-corrected chi connectivity index (χ0v) is 13.1. The van der Waals surface area contributed by atoms with Crippen LogP contribution in [0.3, 0.4) is 0 Å². The first kappa shape index (κ1) is 16.5. The number of benzene rings is 1. The zero-order valence-electron chi connectivity index (χ0n) is 12.3. The molecular formula is C15H15F3N2OS. The number of thiazole rings is 1. The van der Waals surface area contributed by atoms with Gasteiger partial charge in [0.15, 0.2) is 0 Å². The van der Waals surface area contributed by atoms with E-state index in [1.54, 1.807) is 6.07 Å². The number of nitrogens with one attached hydrogen (secondary N) is 1. The van der Waals surface area contributed by atoms with E-state index < -0.39 is 17.3 Å². The van der Waals surface area contributed by atoms with Crippen molar-refractivity contribution in [2.75, 3.05) is 0 Å². The summed E-state index contributed by atoms with van der Waals surface area (Å²) in [4.78, 5) is 16.1. The second-order valence-corrected chi connectivity index (χ2v) is 6.68. The van der Waals surface area contributed by atoms with Crippen LogP contribution in [0, 0.1) is 0 Å². The molecule has 0 fully saturated rings. The number of hydrogen-bond acceptors (Lipinski definition) is 3. The van der Waals surface area contributed by atoms with E-state index in [-0.39, 0.29) is 11.6 Å². The van der Waals surface area contributed by atoms with Gasteiger partial charge in [-0.25, -0.2) is 4.98 Å². The summed E-state index contributed by atoms with van der Waals surface area (Å²) in [5.74, 6) is -0.345. The van der Waals surface area contributed by atoms with E-state index in [1.807, 2.05) is 20.8 Å². The number of carbonyl (C=O) groups is 1. The summed E-state index contributed by atoms with van der Waals surface area (Å²) >= 11 is 1.14. The van der Waals surface area contributed by atoms with Gasteiger partial charge in [0.25, 0.3) is 5.91 Å². The van der Waals surface area contributed by atoms with Crippen molar-refractivity contribution in [1.29, 1.82) is 0 Å². The van der Waals surface area contributed by atoms with Crippen LogP contribution in [0.1, 0.15) is 36.8 Å². The van der Waals surface area contributed by atoms with Crippen LogP contribution < -0.4 is 5.32 Å². The lowest BCUT2D eigenvalue weighted by Crippen LogP contribution is -2.40. The molecule has 0 aliphatic heterocycles. The van der Waals surface area contributed by atoms with Crippen molar-refractivity contribution < 1.29 is 18.0 Å². The molecule has 1 amide bonds. The molecule has 3 nitrogen and oxygen atoms in total. The van der Waals surface area contributed by atoms with Crippen molar-refractivity contribution in [2.45, 2.75) is 32.5 Å². The lowest BCUT2D eigenvalue weighted by atomic mass is 10.1. The highest BCUT2D eigenvalue weighted by Crippen LogP contribution is 2.33. The van der Waals surface area contributed by atoms with Gasteiger partial charge in [0, 0.05) is 16.5 Å². The van der Waals surface area contributed by atoms with Crippen LogP contribution in [0.4, 0.5) is 13.2 Å². The van der Waals surface area contributed by atoms with Crippen molar-refractivity contribution in [3.8, 4) is 10.6 Å². The Balaban J connectivity index is 2.27. The van der Waals surface area contributed by atoms with E-state index in [0.717, 1.165) is 23.5 Å². The fraction of sp³-hybridized carbons (Fsp3) is 0.333. The van der Waals surface area contributed by atoms with Gasteiger partial charge in [-0.05, 0) is 32.9 Å². The maximum absolute atomic E-state index is 12.7. The summed E-state index contributed by atoms with van der Waals surface area (Å²) in [7, 11) is 0.